The smallest absolute Gasteiger partial charge is 0.407 e. The zero-order chi connectivity index (χ0) is 46.8. The average Bonchev–Trinajstić information content (AvgIpc) is 4.18. The second-order valence-electron chi connectivity index (χ2n) is 17.6. The number of hydrogen-bond donors (Lipinski definition) is 4. The summed E-state index contributed by atoms with van der Waals surface area (Å²) in [6.45, 7) is 8.40. The number of halogens is 1. The molecule has 2 fully saturated rings. The molecule has 5 heterocycles. The lowest BCUT2D eigenvalue weighted by molar-refractivity contribution is -0.136. The second-order valence-corrected chi connectivity index (χ2v) is 17.6. The van der Waals surface area contributed by atoms with Crippen molar-refractivity contribution >= 4 is 30.0 Å². The van der Waals surface area contributed by atoms with E-state index in [9.17, 15) is 28.4 Å². The molecule has 6 amide bonds. The quantitative estimate of drug-likeness (QED) is 0.108. The third-order valence-corrected chi connectivity index (χ3v) is 12.7. The molecule has 1 unspecified atom stereocenters. The van der Waals surface area contributed by atoms with Crippen LogP contribution in [0.25, 0.3) is 33.6 Å². The van der Waals surface area contributed by atoms with Crippen molar-refractivity contribution in [2.75, 3.05) is 34.0 Å². The number of hydrogen-bond acceptors (Lipinski definition) is 9. The van der Waals surface area contributed by atoms with Gasteiger partial charge in [0.1, 0.15) is 35.6 Å². The van der Waals surface area contributed by atoms with Gasteiger partial charge in [0.05, 0.1) is 51.4 Å². The maximum Gasteiger partial charge on any atom is 0.407 e. The number of aromatic amines is 2. The van der Waals surface area contributed by atoms with Gasteiger partial charge in [-0.2, -0.15) is 0 Å². The first kappa shape index (κ1) is 45.3. The number of amides is 6. The van der Waals surface area contributed by atoms with Gasteiger partial charge in [0.25, 0.3) is 0 Å². The van der Waals surface area contributed by atoms with E-state index in [1.165, 1.54) is 20.3 Å². The summed E-state index contributed by atoms with van der Waals surface area (Å²) < 4.78 is 24.2. The van der Waals surface area contributed by atoms with Crippen LogP contribution in [-0.2, 0) is 32.2 Å². The molecule has 2 aromatic heterocycles. The highest BCUT2D eigenvalue weighted by atomic mass is 19.1. The number of aromatic nitrogens is 4. The van der Waals surface area contributed by atoms with Crippen molar-refractivity contribution in [3.8, 4) is 33.6 Å². The molecule has 5 aromatic rings. The van der Waals surface area contributed by atoms with Crippen LogP contribution in [-0.4, -0.2) is 116 Å². The summed E-state index contributed by atoms with van der Waals surface area (Å²) >= 11 is 0. The number of fused-ring (bicyclic) bond motifs is 1. The van der Waals surface area contributed by atoms with E-state index >= 15 is 0 Å². The van der Waals surface area contributed by atoms with E-state index in [-0.39, 0.29) is 61.9 Å². The predicted molar refractivity (Wildman–Crippen MR) is 241 cm³/mol. The Kier molecular flexibility index (Phi) is 13.1. The van der Waals surface area contributed by atoms with Gasteiger partial charge in [0.2, 0.25) is 11.8 Å². The molecule has 0 aliphatic carbocycles. The van der Waals surface area contributed by atoms with Crippen molar-refractivity contribution in [3.63, 3.8) is 0 Å². The molecule has 17 nitrogen and oxygen atoms in total. The molecular formula is C48H55FN10O7. The van der Waals surface area contributed by atoms with Crippen molar-refractivity contribution < 1.29 is 37.8 Å². The molecule has 3 aliphatic rings. The number of carbonyl (C=O) groups excluding carboxylic acids is 5. The molecule has 3 aliphatic heterocycles. The highest BCUT2D eigenvalue weighted by molar-refractivity contribution is 5.88. The number of rotatable bonds is 11. The van der Waals surface area contributed by atoms with E-state index in [1.54, 1.807) is 37.9 Å². The summed E-state index contributed by atoms with van der Waals surface area (Å²) in [5.74, 6) is -0.194. The number of likely N-dealkylation sites (tertiary alicyclic amines) is 1. The zero-order valence-corrected chi connectivity index (χ0v) is 37.8. The second kappa shape index (κ2) is 19.1. The average molecular weight is 903 g/mol. The Bertz CT molecular complexity index is 2590. The number of nitrogens with one attached hydrogen (secondary N) is 4. The Morgan fingerprint density at radius 3 is 1.71 bits per heavy atom. The summed E-state index contributed by atoms with van der Waals surface area (Å²) in [5.41, 5.74) is 6.32. The maximum absolute atomic E-state index is 14.6. The molecule has 0 spiro atoms. The van der Waals surface area contributed by atoms with Crippen molar-refractivity contribution in [1.82, 2.24) is 50.2 Å². The van der Waals surface area contributed by atoms with E-state index in [0.717, 1.165) is 46.4 Å². The number of nitrogens with zero attached hydrogens (tertiary/aromatic N) is 6. The first-order valence-electron chi connectivity index (χ1n) is 22.2. The summed E-state index contributed by atoms with van der Waals surface area (Å²) in [6.07, 6.45) is 3.79. The van der Waals surface area contributed by atoms with Crippen LogP contribution in [0.4, 0.5) is 18.8 Å². The van der Waals surface area contributed by atoms with Gasteiger partial charge >= 0.3 is 18.2 Å². The van der Waals surface area contributed by atoms with Crippen molar-refractivity contribution in [2.24, 2.45) is 11.8 Å². The molecule has 8 rings (SSSR count). The Morgan fingerprint density at radius 2 is 1.20 bits per heavy atom. The molecule has 2 saturated heterocycles. The van der Waals surface area contributed by atoms with Crippen LogP contribution in [0.15, 0.2) is 79.1 Å². The number of H-pyrrole nitrogens is 2. The molecule has 66 heavy (non-hydrogen) atoms. The van der Waals surface area contributed by atoms with Gasteiger partial charge in [-0.05, 0) is 47.4 Å². The topological polar surface area (TPSA) is 198 Å². The van der Waals surface area contributed by atoms with Crippen LogP contribution in [0.1, 0.15) is 75.4 Å². The van der Waals surface area contributed by atoms with Crippen molar-refractivity contribution in [3.05, 3.63) is 108 Å². The van der Waals surface area contributed by atoms with Gasteiger partial charge < -0.3 is 49.7 Å². The van der Waals surface area contributed by atoms with Crippen molar-refractivity contribution in [2.45, 2.75) is 77.8 Å². The fourth-order valence-corrected chi connectivity index (χ4v) is 9.01. The van der Waals surface area contributed by atoms with Crippen molar-refractivity contribution in [1.29, 1.82) is 0 Å². The minimum atomic E-state index is -0.935. The number of methoxy groups -OCH3 is 2. The summed E-state index contributed by atoms with van der Waals surface area (Å²) in [4.78, 5) is 88.9. The highest BCUT2D eigenvalue weighted by Gasteiger charge is 2.44. The van der Waals surface area contributed by atoms with Crippen LogP contribution >= 0.6 is 0 Å². The molecule has 4 N–H and O–H groups in total. The van der Waals surface area contributed by atoms with Gasteiger partial charge in [-0.25, -0.2) is 28.7 Å². The van der Waals surface area contributed by atoms with Gasteiger partial charge in [-0.1, -0.05) is 88.4 Å². The molecule has 3 aromatic carbocycles. The van der Waals surface area contributed by atoms with Gasteiger partial charge in [0, 0.05) is 42.2 Å². The number of urea groups is 1. The monoisotopic (exact) mass is 902 g/mol. The van der Waals surface area contributed by atoms with E-state index in [0.29, 0.717) is 29.5 Å². The predicted octanol–water partition coefficient (Wildman–Crippen LogP) is 6.98. The summed E-state index contributed by atoms with van der Waals surface area (Å²) in [5, 5.41) is 5.34. The van der Waals surface area contributed by atoms with E-state index in [2.05, 4.69) is 20.6 Å². The van der Waals surface area contributed by atoms with E-state index < -0.39 is 36.2 Å². The standard InChI is InChI=1S/C48H55FN10O7/c1-27(2)40(54-46(62)65-5)44(60)58-20-8-11-38(58)42-50-21-36(52-42)31-16-12-29(13-17-31)30-14-18-32(19-15-30)37-22-51-43(53-37)39-25-57(26-59(39)45(61)41(28(3)4)55-47(63)66-6)48(64)56-23-33-9-7-10-35(49)34(33)24-56/h7,9-10,12-19,21-22,27-28,38-41H,8,11,20,23-26H2,1-6H3,(H,50,52)(H,51,53)(H,54,62)(H,55,63)/t38-,39-,40?,41-/m0/s1. The molecule has 0 radical (unpaired) electrons. The maximum atomic E-state index is 14.6. The Labute approximate surface area is 382 Å². The third kappa shape index (κ3) is 9.17. The summed E-state index contributed by atoms with van der Waals surface area (Å²) in [7, 11) is 2.51. The first-order chi connectivity index (χ1) is 31.7. The number of alkyl carbamates (subject to hydrolysis) is 2. The Hall–Kier alpha value is -7.24. The van der Waals surface area contributed by atoms with E-state index in [1.807, 2.05) is 82.4 Å². The molecule has 4 atom stereocenters. The molecule has 346 valence electrons. The van der Waals surface area contributed by atoms with Crippen LogP contribution in [0.2, 0.25) is 0 Å². The normalized spacial score (nSPS) is 17.8. The van der Waals surface area contributed by atoms with Gasteiger partial charge in [-0.3, -0.25) is 9.59 Å². The largest absolute Gasteiger partial charge is 0.453 e. The Balaban J connectivity index is 0.960. The fraction of sp³-hybridized carbons (Fsp3) is 0.396. The van der Waals surface area contributed by atoms with Crippen LogP contribution in [0, 0.1) is 17.7 Å². The molecular weight excluding hydrogens is 848 g/mol. The van der Waals surface area contributed by atoms with E-state index in [4.69, 9.17) is 19.4 Å². The minimum Gasteiger partial charge on any atom is -0.453 e. The zero-order valence-electron chi connectivity index (χ0n) is 37.8. The SMILES string of the molecule is COC(=O)NC(C(=O)N1CCC[C@H]1c1nc(-c2ccc(-c3ccc(-c4c[nH]c([C@@H]5CN(C(=O)N6Cc7cccc(F)c7C6)CN5C(=O)[C@@H](NC(=O)OC)C(C)C)n4)cc3)cc2)c[nH]1)C(C)C. The molecule has 18 heteroatoms. The van der Waals surface area contributed by atoms with Crippen LogP contribution < -0.4 is 10.6 Å². The minimum absolute atomic E-state index is 0.0643. The lowest BCUT2D eigenvalue weighted by atomic mass is 10.0. The lowest BCUT2D eigenvalue weighted by Crippen LogP contribution is -2.52. The number of carbonyl (C=O) groups is 5. The van der Waals surface area contributed by atoms with Gasteiger partial charge in [-0.15, -0.1) is 0 Å². The Morgan fingerprint density at radius 1 is 0.682 bits per heavy atom. The number of imidazole rings is 2. The number of ether oxygens (including phenoxy) is 2. The summed E-state index contributed by atoms with van der Waals surface area (Å²) in [6, 6.07) is 17.9. The molecule has 0 bridgehead atoms. The number of benzene rings is 3. The van der Waals surface area contributed by atoms with Gasteiger partial charge in [0.15, 0.2) is 0 Å². The lowest BCUT2D eigenvalue weighted by Gasteiger charge is -2.29. The first-order valence-corrected chi connectivity index (χ1v) is 22.2. The highest BCUT2D eigenvalue weighted by Crippen LogP contribution is 2.35. The molecule has 0 saturated carbocycles. The van der Waals surface area contributed by atoms with Crippen LogP contribution in [0.5, 0.6) is 0 Å². The fourth-order valence-electron chi connectivity index (χ4n) is 9.01. The third-order valence-electron chi connectivity index (χ3n) is 12.7. The van der Waals surface area contributed by atoms with Crippen LogP contribution in [0.3, 0.4) is 0 Å².